The van der Waals surface area contributed by atoms with Gasteiger partial charge in [-0.1, -0.05) is 0 Å². The third-order valence-corrected chi connectivity index (χ3v) is 2.56. The van der Waals surface area contributed by atoms with Crippen molar-refractivity contribution in [3.8, 4) is 11.4 Å². The van der Waals surface area contributed by atoms with E-state index in [1.54, 1.807) is 12.4 Å². The third-order valence-electron chi connectivity index (χ3n) is 2.56. The van der Waals surface area contributed by atoms with Gasteiger partial charge in [0.2, 0.25) is 0 Å². The molecule has 0 amide bonds. The summed E-state index contributed by atoms with van der Waals surface area (Å²) in [5.74, 6) is 0. The second kappa shape index (κ2) is 4.86. The SMILES string of the molecule is Cc1nccnc1-c1cc(CNC(C)(C)C)[nH]n1. The first-order chi connectivity index (χ1) is 8.46. The lowest BCUT2D eigenvalue weighted by molar-refractivity contribution is 0.421. The zero-order valence-electron chi connectivity index (χ0n) is 11.3. The monoisotopic (exact) mass is 245 g/mol. The van der Waals surface area contributed by atoms with Crippen LogP contribution in [0.3, 0.4) is 0 Å². The predicted octanol–water partition coefficient (Wildman–Crippen LogP) is 2.06. The molecule has 0 atom stereocenters. The van der Waals surface area contributed by atoms with E-state index < -0.39 is 0 Å². The van der Waals surface area contributed by atoms with Gasteiger partial charge in [0.05, 0.1) is 5.69 Å². The van der Waals surface area contributed by atoms with Crippen molar-refractivity contribution < 1.29 is 0 Å². The van der Waals surface area contributed by atoms with Crippen LogP contribution < -0.4 is 5.32 Å². The van der Waals surface area contributed by atoms with E-state index in [2.05, 4.69) is 46.3 Å². The van der Waals surface area contributed by atoms with Crippen LogP contribution in [0.2, 0.25) is 0 Å². The van der Waals surface area contributed by atoms with Crippen LogP contribution in [-0.4, -0.2) is 25.7 Å². The highest BCUT2D eigenvalue weighted by Crippen LogP contribution is 2.17. The summed E-state index contributed by atoms with van der Waals surface area (Å²) in [5, 5.41) is 10.7. The summed E-state index contributed by atoms with van der Waals surface area (Å²) >= 11 is 0. The van der Waals surface area contributed by atoms with Gasteiger partial charge in [0.15, 0.2) is 0 Å². The fraction of sp³-hybridized carbons (Fsp3) is 0.462. The number of rotatable bonds is 3. The fourth-order valence-corrected chi connectivity index (χ4v) is 1.59. The van der Waals surface area contributed by atoms with E-state index in [1.807, 2.05) is 13.0 Å². The Morgan fingerprint density at radius 3 is 2.61 bits per heavy atom. The van der Waals surface area contributed by atoms with Crippen molar-refractivity contribution in [2.75, 3.05) is 0 Å². The largest absolute Gasteiger partial charge is 0.306 e. The summed E-state index contributed by atoms with van der Waals surface area (Å²) in [6.45, 7) is 9.10. The van der Waals surface area contributed by atoms with Crippen LogP contribution in [0.25, 0.3) is 11.4 Å². The average Bonchev–Trinajstić information content (AvgIpc) is 2.75. The van der Waals surface area contributed by atoms with Crippen LogP contribution in [0.15, 0.2) is 18.5 Å². The maximum atomic E-state index is 4.31. The number of hydrogen-bond donors (Lipinski definition) is 2. The molecule has 2 heterocycles. The quantitative estimate of drug-likeness (QED) is 0.868. The number of aromatic nitrogens is 4. The molecule has 0 aliphatic carbocycles. The molecule has 2 aromatic heterocycles. The van der Waals surface area contributed by atoms with Gasteiger partial charge in [-0.25, -0.2) is 0 Å². The summed E-state index contributed by atoms with van der Waals surface area (Å²) in [5.41, 5.74) is 3.69. The highest BCUT2D eigenvalue weighted by molar-refractivity contribution is 5.56. The number of H-pyrrole nitrogens is 1. The Balaban J connectivity index is 2.14. The van der Waals surface area contributed by atoms with Gasteiger partial charge in [0.1, 0.15) is 11.4 Å². The van der Waals surface area contributed by atoms with Crippen molar-refractivity contribution in [1.82, 2.24) is 25.5 Å². The minimum Gasteiger partial charge on any atom is -0.306 e. The van der Waals surface area contributed by atoms with Crippen LogP contribution in [0.1, 0.15) is 32.2 Å². The molecule has 0 bridgehead atoms. The Hall–Kier alpha value is -1.75. The smallest absolute Gasteiger partial charge is 0.113 e. The highest BCUT2D eigenvalue weighted by atomic mass is 15.1. The van der Waals surface area contributed by atoms with Crippen molar-refractivity contribution in [3.05, 3.63) is 29.8 Å². The van der Waals surface area contributed by atoms with E-state index >= 15 is 0 Å². The van der Waals surface area contributed by atoms with Crippen LogP contribution in [0.5, 0.6) is 0 Å². The fourth-order valence-electron chi connectivity index (χ4n) is 1.59. The predicted molar refractivity (Wildman–Crippen MR) is 70.9 cm³/mol. The highest BCUT2D eigenvalue weighted by Gasteiger charge is 2.11. The van der Waals surface area contributed by atoms with Crippen LogP contribution in [0.4, 0.5) is 0 Å². The molecule has 2 rings (SSSR count). The van der Waals surface area contributed by atoms with Gasteiger partial charge in [-0.2, -0.15) is 5.10 Å². The van der Waals surface area contributed by atoms with E-state index in [1.165, 1.54) is 0 Å². The van der Waals surface area contributed by atoms with Gasteiger partial charge < -0.3 is 5.32 Å². The summed E-state index contributed by atoms with van der Waals surface area (Å²) in [6, 6.07) is 2.01. The number of nitrogens with one attached hydrogen (secondary N) is 2. The Labute approximate surface area is 107 Å². The Kier molecular flexibility index (Phi) is 3.43. The zero-order valence-corrected chi connectivity index (χ0v) is 11.3. The standard InChI is InChI=1S/C13H19N5/c1-9-12(15-6-5-14-9)11-7-10(17-18-11)8-16-13(2,3)4/h5-7,16H,8H2,1-4H3,(H,17,18). The second-order valence-electron chi connectivity index (χ2n) is 5.37. The molecule has 2 N–H and O–H groups in total. The molecule has 0 saturated heterocycles. The van der Waals surface area contributed by atoms with Crippen molar-refractivity contribution >= 4 is 0 Å². The normalized spacial score (nSPS) is 11.8. The second-order valence-corrected chi connectivity index (χ2v) is 5.37. The van der Waals surface area contributed by atoms with Crippen LogP contribution in [-0.2, 0) is 6.54 Å². The molecule has 0 fully saturated rings. The maximum Gasteiger partial charge on any atom is 0.113 e. The van der Waals surface area contributed by atoms with Gasteiger partial charge >= 0.3 is 0 Å². The molecule has 5 nitrogen and oxygen atoms in total. The van der Waals surface area contributed by atoms with Crippen LogP contribution >= 0.6 is 0 Å². The van der Waals surface area contributed by atoms with E-state index in [0.717, 1.165) is 29.3 Å². The van der Waals surface area contributed by atoms with Crippen molar-refractivity contribution in [1.29, 1.82) is 0 Å². The zero-order chi connectivity index (χ0) is 13.2. The molecule has 0 aromatic carbocycles. The minimum atomic E-state index is 0.0910. The molecule has 2 aromatic rings. The molecule has 96 valence electrons. The Morgan fingerprint density at radius 2 is 1.94 bits per heavy atom. The van der Waals surface area contributed by atoms with E-state index in [0.29, 0.717) is 0 Å². The van der Waals surface area contributed by atoms with E-state index in [4.69, 9.17) is 0 Å². The maximum absolute atomic E-state index is 4.31. The Bertz CT molecular complexity index is 524. The average molecular weight is 245 g/mol. The van der Waals surface area contributed by atoms with E-state index in [9.17, 15) is 0 Å². The lowest BCUT2D eigenvalue weighted by Crippen LogP contribution is -2.35. The lowest BCUT2D eigenvalue weighted by atomic mass is 10.1. The van der Waals surface area contributed by atoms with Crippen LogP contribution in [0, 0.1) is 6.92 Å². The number of hydrogen-bond acceptors (Lipinski definition) is 4. The first kappa shape index (κ1) is 12.7. The molecule has 0 radical (unpaired) electrons. The summed E-state index contributed by atoms with van der Waals surface area (Å²) in [4.78, 5) is 8.52. The summed E-state index contributed by atoms with van der Waals surface area (Å²) < 4.78 is 0. The van der Waals surface area contributed by atoms with Crippen molar-refractivity contribution in [2.24, 2.45) is 0 Å². The van der Waals surface area contributed by atoms with Gasteiger partial charge in [-0.3, -0.25) is 15.1 Å². The first-order valence-corrected chi connectivity index (χ1v) is 6.03. The molecule has 0 saturated carbocycles. The summed E-state index contributed by atoms with van der Waals surface area (Å²) in [6.07, 6.45) is 3.37. The van der Waals surface area contributed by atoms with E-state index in [-0.39, 0.29) is 5.54 Å². The van der Waals surface area contributed by atoms with Gasteiger partial charge in [0.25, 0.3) is 0 Å². The number of aryl methyl sites for hydroxylation is 1. The number of aromatic amines is 1. The molecule has 0 spiro atoms. The lowest BCUT2D eigenvalue weighted by Gasteiger charge is -2.19. The minimum absolute atomic E-state index is 0.0910. The van der Waals surface area contributed by atoms with Gasteiger partial charge in [-0.05, 0) is 33.8 Å². The third kappa shape index (κ3) is 3.13. The molecule has 0 aliphatic rings. The molecule has 0 unspecified atom stereocenters. The Morgan fingerprint density at radius 1 is 1.22 bits per heavy atom. The first-order valence-electron chi connectivity index (χ1n) is 6.03. The summed E-state index contributed by atoms with van der Waals surface area (Å²) in [7, 11) is 0. The molecule has 18 heavy (non-hydrogen) atoms. The van der Waals surface area contributed by atoms with Crippen molar-refractivity contribution in [2.45, 2.75) is 39.8 Å². The number of nitrogens with zero attached hydrogens (tertiary/aromatic N) is 3. The topological polar surface area (TPSA) is 66.5 Å². The molecular weight excluding hydrogens is 226 g/mol. The molecule has 5 heteroatoms. The van der Waals surface area contributed by atoms with Crippen molar-refractivity contribution in [3.63, 3.8) is 0 Å². The molecule has 0 aliphatic heterocycles. The van der Waals surface area contributed by atoms with Gasteiger partial charge in [-0.15, -0.1) is 0 Å². The molecular formula is C13H19N5. The van der Waals surface area contributed by atoms with Gasteiger partial charge in [0, 0.05) is 30.2 Å².